The largest absolute Gasteiger partial charge is 0.495 e. The van der Waals surface area contributed by atoms with Gasteiger partial charge in [0.25, 0.3) is 0 Å². The number of halogens is 1. The molecule has 1 aliphatic heterocycles. The first-order chi connectivity index (χ1) is 12.8. The summed E-state index contributed by atoms with van der Waals surface area (Å²) in [7, 11) is 1.64. The molecule has 142 valence electrons. The van der Waals surface area contributed by atoms with E-state index in [0.29, 0.717) is 5.95 Å². The predicted molar refractivity (Wildman–Crippen MR) is 109 cm³/mol. The minimum atomic E-state index is 0. The molecule has 2 aromatic carbocycles. The molecule has 7 heteroatoms. The maximum atomic E-state index is 12.8. The SMILES string of the molecule is COc1ccccc1-n1c(NC(=O)C2CCNCC2)nc2ccccc21.Cl. The topological polar surface area (TPSA) is 68.2 Å². The third-order valence-electron chi connectivity index (χ3n) is 4.83. The fourth-order valence-corrected chi connectivity index (χ4v) is 3.46. The number of nitrogens with one attached hydrogen (secondary N) is 2. The summed E-state index contributed by atoms with van der Waals surface area (Å²) >= 11 is 0. The Hall–Kier alpha value is -2.57. The highest BCUT2D eigenvalue weighted by molar-refractivity contribution is 5.94. The van der Waals surface area contributed by atoms with Gasteiger partial charge in [-0.25, -0.2) is 4.98 Å². The zero-order chi connectivity index (χ0) is 17.9. The van der Waals surface area contributed by atoms with Crippen molar-refractivity contribution >= 4 is 35.3 Å². The molecule has 0 spiro atoms. The lowest BCUT2D eigenvalue weighted by Gasteiger charge is -2.22. The molecule has 2 N–H and O–H groups in total. The zero-order valence-corrected chi connectivity index (χ0v) is 16.0. The fraction of sp³-hybridized carbons (Fsp3) is 0.300. The summed E-state index contributed by atoms with van der Waals surface area (Å²) in [5.74, 6) is 1.30. The molecule has 0 unspecified atom stereocenters. The Morgan fingerprint density at radius 2 is 1.85 bits per heavy atom. The normalized spacial score (nSPS) is 14.6. The van der Waals surface area contributed by atoms with Gasteiger partial charge in [0.1, 0.15) is 5.75 Å². The molecular weight excluding hydrogens is 364 g/mol. The number of imidazole rings is 1. The summed E-state index contributed by atoms with van der Waals surface area (Å²) < 4.78 is 7.48. The van der Waals surface area contributed by atoms with Gasteiger partial charge in [0.15, 0.2) is 0 Å². The van der Waals surface area contributed by atoms with Crippen LogP contribution in [0.15, 0.2) is 48.5 Å². The average molecular weight is 387 g/mol. The van der Waals surface area contributed by atoms with Gasteiger partial charge < -0.3 is 10.1 Å². The molecule has 1 fully saturated rings. The Labute approximate surface area is 164 Å². The van der Waals surface area contributed by atoms with Crippen molar-refractivity contribution in [3.63, 3.8) is 0 Å². The van der Waals surface area contributed by atoms with Crippen LogP contribution in [0.4, 0.5) is 5.95 Å². The van der Waals surface area contributed by atoms with Gasteiger partial charge in [0, 0.05) is 5.92 Å². The second kappa shape index (κ2) is 8.41. The van der Waals surface area contributed by atoms with E-state index in [4.69, 9.17) is 4.74 Å². The minimum absolute atomic E-state index is 0. The minimum Gasteiger partial charge on any atom is -0.495 e. The Bertz CT molecular complexity index is 935. The number of carbonyl (C=O) groups is 1. The number of hydrogen-bond donors (Lipinski definition) is 2. The van der Waals surface area contributed by atoms with Gasteiger partial charge in [0.2, 0.25) is 11.9 Å². The van der Waals surface area contributed by atoms with E-state index >= 15 is 0 Å². The molecule has 0 saturated carbocycles. The standard InChI is InChI=1S/C20H22N4O2.ClH/c1-26-18-9-5-4-8-17(18)24-16-7-3-2-6-15(16)22-20(24)23-19(25)14-10-12-21-13-11-14;/h2-9,14,21H,10-13H2,1H3,(H,22,23,25);1H. The van der Waals surface area contributed by atoms with E-state index in [1.165, 1.54) is 0 Å². The fourth-order valence-electron chi connectivity index (χ4n) is 3.46. The van der Waals surface area contributed by atoms with E-state index in [2.05, 4.69) is 15.6 Å². The second-order valence-corrected chi connectivity index (χ2v) is 6.44. The summed E-state index contributed by atoms with van der Waals surface area (Å²) in [4.78, 5) is 17.4. The number of rotatable bonds is 4. The van der Waals surface area contributed by atoms with Crippen LogP contribution in [0, 0.1) is 5.92 Å². The molecular formula is C20H23ClN4O2. The number of nitrogens with zero attached hydrogens (tertiary/aromatic N) is 2. The number of hydrogen-bond acceptors (Lipinski definition) is 4. The van der Waals surface area contributed by atoms with Crippen LogP contribution in [0.2, 0.25) is 0 Å². The molecule has 4 rings (SSSR count). The molecule has 1 aliphatic rings. The molecule has 1 saturated heterocycles. The Morgan fingerprint density at radius 1 is 1.15 bits per heavy atom. The van der Waals surface area contributed by atoms with Crippen molar-refractivity contribution in [2.24, 2.45) is 5.92 Å². The number of para-hydroxylation sites is 4. The van der Waals surface area contributed by atoms with Crippen LogP contribution in [0.25, 0.3) is 16.7 Å². The van der Waals surface area contributed by atoms with Gasteiger partial charge in [-0.05, 0) is 50.2 Å². The lowest BCUT2D eigenvalue weighted by atomic mass is 9.97. The first-order valence-electron chi connectivity index (χ1n) is 8.90. The van der Waals surface area contributed by atoms with Crippen molar-refractivity contribution in [2.45, 2.75) is 12.8 Å². The summed E-state index contributed by atoms with van der Waals surface area (Å²) in [6.07, 6.45) is 1.70. The van der Waals surface area contributed by atoms with Crippen LogP contribution in [0.3, 0.4) is 0 Å². The number of fused-ring (bicyclic) bond motifs is 1. The number of methoxy groups -OCH3 is 1. The summed E-state index contributed by atoms with van der Waals surface area (Å²) in [5.41, 5.74) is 2.61. The highest BCUT2D eigenvalue weighted by atomic mass is 35.5. The number of benzene rings is 2. The molecule has 27 heavy (non-hydrogen) atoms. The quantitative estimate of drug-likeness (QED) is 0.721. The van der Waals surface area contributed by atoms with E-state index in [1.807, 2.05) is 53.1 Å². The van der Waals surface area contributed by atoms with Crippen molar-refractivity contribution in [2.75, 3.05) is 25.5 Å². The zero-order valence-electron chi connectivity index (χ0n) is 15.1. The summed E-state index contributed by atoms with van der Waals surface area (Å²) in [6.45, 7) is 1.75. The summed E-state index contributed by atoms with van der Waals surface area (Å²) in [5, 5.41) is 6.34. The van der Waals surface area contributed by atoms with Crippen molar-refractivity contribution in [1.29, 1.82) is 0 Å². The molecule has 1 amide bonds. The van der Waals surface area contributed by atoms with Crippen molar-refractivity contribution in [1.82, 2.24) is 14.9 Å². The smallest absolute Gasteiger partial charge is 0.229 e. The molecule has 0 radical (unpaired) electrons. The van der Waals surface area contributed by atoms with Crippen LogP contribution in [-0.4, -0.2) is 35.7 Å². The van der Waals surface area contributed by atoms with Gasteiger partial charge in [-0.1, -0.05) is 24.3 Å². The molecule has 0 bridgehead atoms. The third-order valence-corrected chi connectivity index (χ3v) is 4.83. The Morgan fingerprint density at radius 3 is 2.63 bits per heavy atom. The highest BCUT2D eigenvalue weighted by Crippen LogP contribution is 2.30. The predicted octanol–water partition coefficient (Wildman–Crippen LogP) is 3.39. The number of aromatic nitrogens is 2. The number of carbonyl (C=O) groups excluding carboxylic acids is 1. The van der Waals surface area contributed by atoms with Gasteiger partial charge >= 0.3 is 0 Å². The average Bonchev–Trinajstić information content (AvgIpc) is 3.06. The van der Waals surface area contributed by atoms with Crippen LogP contribution >= 0.6 is 12.4 Å². The number of piperidine rings is 1. The van der Waals surface area contributed by atoms with Crippen LogP contribution in [-0.2, 0) is 4.79 Å². The first-order valence-corrected chi connectivity index (χ1v) is 8.90. The van der Waals surface area contributed by atoms with Crippen LogP contribution in [0.1, 0.15) is 12.8 Å². The monoisotopic (exact) mass is 386 g/mol. The van der Waals surface area contributed by atoms with Gasteiger partial charge in [-0.2, -0.15) is 0 Å². The maximum absolute atomic E-state index is 12.8. The summed E-state index contributed by atoms with van der Waals surface area (Å²) in [6, 6.07) is 15.6. The van der Waals surface area contributed by atoms with E-state index in [-0.39, 0.29) is 24.2 Å². The lowest BCUT2D eigenvalue weighted by Crippen LogP contribution is -2.35. The second-order valence-electron chi connectivity index (χ2n) is 6.44. The Kier molecular flexibility index (Phi) is 5.98. The molecule has 3 aromatic rings. The van der Waals surface area contributed by atoms with Gasteiger partial charge in [0.05, 0.1) is 23.8 Å². The number of ether oxygens (including phenoxy) is 1. The van der Waals surface area contributed by atoms with Crippen LogP contribution < -0.4 is 15.4 Å². The molecule has 6 nitrogen and oxygen atoms in total. The maximum Gasteiger partial charge on any atom is 0.229 e. The lowest BCUT2D eigenvalue weighted by molar-refractivity contribution is -0.120. The van der Waals surface area contributed by atoms with Crippen molar-refractivity contribution in [3.8, 4) is 11.4 Å². The van der Waals surface area contributed by atoms with Crippen LogP contribution in [0.5, 0.6) is 5.75 Å². The molecule has 2 heterocycles. The van der Waals surface area contributed by atoms with Crippen molar-refractivity contribution < 1.29 is 9.53 Å². The highest BCUT2D eigenvalue weighted by Gasteiger charge is 2.24. The first kappa shape index (κ1) is 19.2. The number of amides is 1. The molecule has 0 atom stereocenters. The van der Waals surface area contributed by atoms with Crippen molar-refractivity contribution in [3.05, 3.63) is 48.5 Å². The molecule has 1 aromatic heterocycles. The van der Waals surface area contributed by atoms with E-state index in [0.717, 1.165) is 48.4 Å². The molecule has 0 aliphatic carbocycles. The van der Waals surface area contributed by atoms with E-state index in [1.54, 1.807) is 7.11 Å². The van der Waals surface area contributed by atoms with E-state index in [9.17, 15) is 4.79 Å². The number of anilines is 1. The van der Waals surface area contributed by atoms with Gasteiger partial charge in [-0.3, -0.25) is 14.7 Å². The third kappa shape index (κ3) is 3.77. The van der Waals surface area contributed by atoms with E-state index < -0.39 is 0 Å². The Balaban J connectivity index is 0.00000210. The van der Waals surface area contributed by atoms with Gasteiger partial charge in [-0.15, -0.1) is 12.4 Å².